The number of carbonyl (C=O) groups is 1. The third kappa shape index (κ3) is 3.17. The van der Waals surface area contributed by atoms with E-state index in [9.17, 15) is 14.9 Å². The number of nitro groups is 1. The summed E-state index contributed by atoms with van der Waals surface area (Å²) in [5.41, 5.74) is 0.460. The summed E-state index contributed by atoms with van der Waals surface area (Å²) in [5.74, 6) is 0.859. The largest absolute Gasteiger partial charge is 0.478 e. The van der Waals surface area contributed by atoms with E-state index in [4.69, 9.17) is 5.11 Å². The Balaban J connectivity index is 2.41. The monoisotopic (exact) mass is 282 g/mol. The van der Waals surface area contributed by atoms with Crippen LogP contribution in [0.3, 0.4) is 0 Å². The number of thioether (sulfide) groups is 1. The Hall–Kier alpha value is -1.76. The second kappa shape index (κ2) is 5.92. The van der Waals surface area contributed by atoms with Crippen LogP contribution in [0.1, 0.15) is 16.8 Å². The maximum Gasteiger partial charge on any atom is 0.335 e. The lowest BCUT2D eigenvalue weighted by Gasteiger charge is -2.22. The number of nitro benzene ring substituents is 1. The summed E-state index contributed by atoms with van der Waals surface area (Å²) in [6.45, 7) is 1.42. The van der Waals surface area contributed by atoms with Gasteiger partial charge in [-0.15, -0.1) is 0 Å². The number of hydrogen-bond acceptors (Lipinski definition) is 5. The summed E-state index contributed by atoms with van der Waals surface area (Å²) in [6, 6.07) is 3.95. The van der Waals surface area contributed by atoms with E-state index >= 15 is 0 Å². The van der Waals surface area contributed by atoms with Crippen molar-refractivity contribution in [2.24, 2.45) is 0 Å². The normalized spacial score (nSPS) is 15.9. The highest BCUT2D eigenvalue weighted by Crippen LogP contribution is 2.30. The Kier molecular flexibility index (Phi) is 4.26. The van der Waals surface area contributed by atoms with Gasteiger partial charge in [0.25, 0.3) is 5.69 Å². The molecule has 6 nitrogen and oxygen atoms in total. The van der Waals surface area contributed by atoms with Crippen LogP contribution in [-0.2, 0) is 0 Å². The first-order chi connectivity index (χ1) is 9.09. The van der Waals surface area contributed by atoms with Crippen LogP contribution in [0.5, 0.6) is 0 Å². The summed E-state index contributed by atoms with van der Waals surface area (Å²) in [7, 11) is 0. The zero-order chi connectivity index (χ0) is 13.8. The molecule has 1 aromatic rings. The zero-order valence-corrected chi connectivity index (χ0v) is 11.1. The number of benzene rings is 1. The predicted molar refractivity (Wildman–Crippen MR) is 74.2 cm³/mol. The summed E-state index contributed by atoms with van der Waals surface area (Å²) >= 11 is 1.81. The van der Waals surface area contributed by atoms with Crippen LogP contribution in [0.15, 0.2) is 18.2 Å². The molecule has 1 saturated heterocycles. The SMILES string of the molecule is O=C(O)c1ccc([N+](=O)[O-])c(N2CCCSCC2)c1. The van der Waals surface area contributed by atoms with E-state index in [0.29, 0.717) is 12.2 Å². The molecule has 1 aliphatic rings. The van der Waals surface area contributed by atoms with Crippen molar-refractivity contribution in [3.05, 3.63) is 33.9 Å². The van der Waals surface area contributed by atoms with Crippen LogP contribution in [0.4, 0.5) is 11.4 Å². The molecule has 1 fully saturated rings. The maximum atomic E-state index is 11.1. The van der Waals surface area contributed by atoms with Crippen molar-refractivity contribution in [2.45, 2.75) is 6.42 Å². The molecule has 0 radical (unpaired) electrons. The third-order valence-electron chi connectivity index (χ3n) is 2.98. The van der Waals surface area contributed by atoms with Crippen LogP contribution < -0.4 is 4.90 Å². The molecule has 0 saturated carbocycles. The van der Waals surface area contributed by atoms with Gasteiger partial charge >= 0.3 is 5.97 Å². The molecular formula is C12H14N2O4S. The minimum atomic E-state index is -1.07. The molecule has 0 unspecified atom stereocenters. The topological polar surface area (TPSA) is 83.7 Å². The van der Waals surface area contributed by atoms with Gasteiger partial charge in [-0.2, -0.15) is 11.8 Å². The highest BCUT2D eigenvalue weighted by atomic mass is 32.2. The van der Waals surface area contributed by atoms with Crippen LogP contribution in [-0.4, -0.2) is 40.6 Å². The van der Waals surface area contributed by atoms with E-state index in [0.717, 1.165) is 24.5 Å². The van der Waals surface area contributed by atoms with Crippen molar-refractivity contribution in [3.8, 4) is 0 Å². The highest BCUT2D eigenvalue weighted by molar-refractivity contribution is 7.99. The molecule has 0 aromatic heterocycles. The lowest BCUT2D eigenvalue weighted by molar-refractivity contribution is -0.384. The lowest BCUT2D eigenvalue weighted by Crippen LogP contribution is -2.26. The van der Waals surface area contributed by atoms with Crippen molar-refractivity contribution < 1.29 is 14.8 Å². The maximum absolute atomic E-state index is 11.1. The fourth-order valence-electron chi connectivity index (χ4n) is 2.05. The van der Waals surface area contributed by atoms with Crippen LogP contribution in [0.25, 0.3) is 0 Å². The van der Waals surface area contributed by atoms with Crippen molar-refractivity contribution in [2.75, 3.05) is 29.5 Å². The molecule has 19 heavy (non-hydrogen) atoms. The molecule has 0 spiro atoms. The van der Waals surface area contributed by atoms with Crippen LogP contribution >= 0.6 is 11.8 Å². The summed E-state index contributed by atoms with van der Waals surface area (Å²) in [4.78, 5) is 23.5. The highest BCUT2D eigenvalue weighted by Gasteiger charge is 2.22. The molecule has 0 amide bonds. The number of anilines is 1. The Morgan fingerprint density at radius 2 is 2.16 bits per heavy atom. The minimum absolute atomic E-state index is 0.0306. The number of nitrogens with zero attached hydrogens (tertiary/aromatic N) is 2. The Morgan fingerprint density at radius 3 is 2.84 bits per heavy atom. The van der Waals surface area contributed by atoms with E-state index in [2.05, 4.69) is 0 Å². The van der Waals surface area contributed by atoms with Gasteiger partial charge in [0.15, 0.2) is 0 Å². The van der Waals surface area contributed by atoms with E-state index in [1.54, 1.807) is 0 Å². The van der Waals surface area contributed by atoms with Crippen molar-refractivity contribution in [3.63, 3.8) is 0 Å². The molecule has 1 heterocycles. The number of aromatic carboxylic acids is 1. The van der Waals surface area contributed by atoms with Crippen molar-refractivity contribution in [1.29, 1.82) is 0 Å². The minimum Gasteiger partial charge on any atom is -0.478 e. The fraction of sp³-hybridized carbons (Fsp3) is 0.417. The van der Waals surface area contributed by atoms with Gasteiger partial charge in [-0.05, 0) is 24.3 Å². The second-order valence-corrected chi connectivity index (χ2v) is 5.44. The molecular weight excluding hydrogens is 268 g/mol. The molecule has 102 valence electrons. The van der Waals surface area contributed by atoms with E-state index in [1.165, 1.54) is 18.2 Å². The Labute approximate surface area is 114 Å². The van der Waals surface area contributed by atoms with E-state index in [-0.39, 0.29) is 11.3 Å². The first-order valence-electron chi connectivity index (χ1n) is 5.94. The third-order valence-corrected chi connectivity index (χ3v) is 4.03. The van der Waals surface area contributed by atoms with E-state index < -0.39 is 10.9 Å². The first kappa shape index (κ1) is 13.7. The second-order valence-electron chi connectivity index (χ2n) is 4.22. The average Bonchev–Trinajstić information content (AvgIpc) is 2.66. The molecule has 2 rings (SSSR count). The van der Waals surface area contributed by atoms with Crippen molar-refractivity contribution >= 4 is 29.1 Å². The zero-order valence-electron chi connectivity index (χ0n) is 10.2. The van der Waals surface area contributed by atoms with Gasteiger partial charge < -0.3 is 10.0 Å². The predicted octanol–water partition coefficient (Wildman–Crippen LogP) is 2.24. The molecule has 0 bridgehead atoms. The molecule has 1 aromatic carbocycles. The lowest BCUT2D eigenvalue weighted by atomic mass is 10.1. The Morgan fingerprint density at radius 1 is 1.37 bits per heavy atom. The Bertz CT molecular complexity index is 499. The number of rotatable bonds is 3. The van der Waals surface area contributed by atoms with Gasteiger partial charge in [-0.25, -0.2) is 4.79 Å². The average molecular weight is 282 g/mol. The van der Waals surface area contributed by atoms with Gasteiger partial charge in [-0.1, -0.05) is 0 Å². The molecule has 0 aliphatic carbocycles. The quantitative estimate of drug-likeness (QED) is 0.676. The summed E-state index contributed by atoms with van der Waals surface area (Å²) < 4.78 is 0. The van der Waals surface area contributed by atoms with Crippen LogP contribution in [0, 0.1) is 10.1 Å². The number of carboxylic acid groups (broad SMARTS) is 1. The van der Waals surface area contributed by atoms with Gasteiger partial charge in [0.1, 0.15) is 5.69 Å². The van der Waals surface area contributed by atoms with Gasteiger partial charge in [0.2, 0.25) is 0 Å². The van der Waals surface area contributed by atoms with Gasteiger partial charge in [-0.3, -0.25) is 10.1 Å². The smallest absolute Gasteiger partial charge is 0.335 e. The fourth-order valence-corrected chi connectivity index (χ4v) is 2.94. The molecule has 1 N–H and O–H groups in total. The first-order valence-corrected chi connectivity index (χ1v) is 7.09. The van der Waals surface area contributed by atoms with Crippen molar-refractivity contribution in [1.82, 2.24) is 0 Å². The van der Waals surface area contributed by atoms with Gasteiger partial charge in [0.05, 0.1) is 10.5 Å². The van der Waals surface area contributed by atoms with E-state index in [1.807, 2.05) is 16.7 Å². The number of carboxylic acids is 1. The van der Waals surface area contributed by atoms with Gasteiger partial charge in [0, 0.05) is 24.9 Å². The summed E-state index contributed by atoms with van der Waals surface area (Å²) in [5, 5.41) is 20.1. The van der Waals surface area contributed by atoms with Crippen LogP contribution in [0.2, 0.25) is 0 Å². The molecule has 0 atom stereocenters. The number of hydrogen-bond donors (Lipinski definition) is 1. The molecule has 7 heteroatoms. The summed E-state index contributed by atoms with van der Waals surface area (Å²) in [6.07, 6.45) is 0.944. The molecule has 1 aliphatic heterocycles. The standard InChI is InChI=1S/C12H14N2O4S/c15-12(16)9-2-3-10(14(17)18)11(8-9)13-4-1-6-19-7-5-13/h2-3,8H,1,4-7H2,(H,15,16).